The number of amides is 1. The molecule has 122 valence electrons. The van der Waals surface area contributed by atoms with Crippen LogP contribution in [0.2, 0.25) is 0 Å². The third-order valence-electron chi connectivity index (χ3n) is 6.08. The standard InChI is InChI=1S/C18H18N4O2/c19-7-12-1-2-14-15(5-12)22(11-21-14)10-17-6-13(17)3-4-18(8-17)9-20-16(23)24-18/h1-2,5,11,13H,3-4,6,8-10H2,(H,20,23)/t13-,17-,18+/m0/s1. The Kier molecular flexibility index (Phi) is 2.60. The molecule has 1 spiro atoms. The topological polar surface area (TPSA) is 79.9 Å². The van der Waals surface area contributed by atoms with Crippen LogP contribution in [-0.4, -0.2) is 27.8 Å². The van der Waals surface area contributed by atoms with Crippen LogP contribution in [0.25, 0.3) is 11.0 Å². The third kappa shape index (κ3) is 1.94. The smallest absolute Gasteiger partial charge is 0.407 e. The molecule has 0 radical (unpaired) electrons. The van der Waals surface area contributed by atoms with Crippen LogP contribution in [0.5, 0.6) is 0 Å². The maximum Gasteiger partial charge on any atom is 0.407 e. The number of benzene rings is 1. The van der Waals surface area contributed by atoms with Gasteiger partial charge in [0.1, 0.15) is 5.60 Å². The average Bonchev–Trinajstić information content (AvgIpc) is 2.96. The number of aromatic nitrogens is 2. The van der Waals surface area contributed by atoms with Crippen molar-refractivity contribution in [2.24, 2.45) is 11.3 Å². The van der Waals surface area contributed by atoms with Gasteiger partial charge in [-0.25, -0.2) is 9.78 Å². The summed E-state index contributed by atoms with van der Waals surface area (Å²) in [7, 11) is 0. The summed E-state index contributed by atoms with van der Waals surface area (Å²) in [5, 5.41) is 12.0. The first-order valence-electron chi connectivity index (χ1n) is 8.43. The molecule has 24 heavy (non-hydrogen) atoms. The average molecular weight is 322 g/mol. The van der Waals surface area contributed by atoms with Gasteiger partial charge in [0.25, 0.3) is 0 Å². The monoisotopic (exact) mass is 322 g/mol. The second kappa shape index (κ2) is 4.50. The number of hydrogen-bond acceptors (Lipinski definition) is 4. The van der Waals surface area contributed by atoms with Gasteiger partial charge in [0.05, 0.1) is 35.5 Å². The number of rotatable bonds is 2. The van der Waals surface area contributed by atoms with Crippen LogP contribution < -0.4 is 5.32 Å². The molecule has 3 fully saturated rings. The van der Waals surface area contributed by atoms with E-state index < -0.39 is 0 Å². The summed E-state index contributed by atoms with van der Waals surface area (Å²) in [4.78, 5) is 16.0. The Morgan fingerprint density at radius 3 is 3.21 bits per heavy atom. The van der Waals surface area contributed by atoms with Crippen molar-refractivity contribution in [3.05, 3.63) is 30.1 Å². The molecule has 6 heteroatoms. The number of alkyl carbamates (subject to hydrolysis) is 1. The lowest BCUT2D eigenvalue weighted by Gasteiger charge is -2.36. The molecule has 2 heterocycles. The van der Waals surface area contributed by atoms with E-state index in [0.29, 0.717) is 18.0 Å². The maximum atomic E-state index is 11.5. The molecule has 5 rings (SSSR count). The van der Waals surface area contributed by atoms with Crippen LogP contribution >= 0.6 is 0 Å². The Morgan fingerprint density at radius 2 is 2.42 bits per heavy atom. The summed E-state index contributed by atoms with van der Waals surface area (Å²) in [5.74, 6) is 0.707. The van der Waals surface area contributed by atoms with Crippen molar-refractivity contribution in [2.75, 3.05) is 6.54 Å². The fourth-order valence-corrected chi connectivity index (χ4v) is 4.80. The minimum Gasteiger partial charge on any atom is -0.441 e. The van der Waals surface area contributed by atoms with Gasteiger partial charge in [0.2, 0.25) is 0 Å². The van der Waals surface area contributed by atoms with Crippen molar-refractivity contribution in [3.63, 3.8) is 0 Å². The Morgan fingerprint density at radius 1 is 1.50 bits per heavy atom. The van der Waals surface area contributed by atoms with Crippen molar-refractivity contribution in [3.8, 4) is 6.07 Å². The van der Waals surface area contributed by atoms with Crippen LogP contribution in [0.4, 0.5) is 4.79 Å². The Hall–Kier alpha value is -2.55. The van der Waals surface area contributed by atoms with Gasteiger partial charge in [-0.2, -0.15) is 5.26 Å². The second-order valence-corrected chi connectivity index (χ2v) is 7.59. The van der Waals surface area contributed by atoms with Crippen molar-refractivity contribution in [2.45, 2.75) is 37.8 Å². The van der Waals surface area contributed by atoms with E-state index in [1.54, 1.807) is 6.07 Å². The normalized spacial score (nSPS) is 33.8. The molecule has 1 aromatic carbocycles. The van der Waals surface area contributed by atoms with Crippen LogP contribution in [0.3, 0.4) is 0 Å². The molecule has 2 saturated carbocycles. The lowest BCUT2D eigenvalue weighted by atomic mass is 9.77. The van der Waals surface area contributed by atoms with Crippen molar-refractivity contribution in [1.29, 1.82) is 5.26 Å². The van der Waals surface area contributed by atoms with Gasteiger partial charge < -0.3 is 14.6 Å². The van der Waals surface area contributed by atoms with E-state index in [-0.39, 0.29) is 17.1 Å². The molecular formula is C18H18N4O2. The lowest BCUT2D eigenvalue weighted by Crippen LogP contribution is -2.40. The van der Waals surface area contributed by atoms with Crippen molar-refractivity contribution >= 4 is 17.1 Å². The maximum absolute atomic E-state index is 11.5. The molecule has 1 amide bonds. The molecule has 0 bridgehead atoms. The highest BCUT2D eigenvalue weighted by Crippen LogP contribution is 2.65. The van der Waals surface area contributed by atoms with Crippen LogP contribution in [-0.2, 0) is 11.3 Å². The second-order valence-electron chi connectivity index (χ2n) is 7.59. The summed E-state index contributed by atoms with van der Waals surface area (Å²) < 4.78 is 7.80. The summed E-state index contributed by atoms with van der Waals surface area (Å²) in [6.07, 6.45) is 5.77. The van der Waals surface area contributed by atoms with Crippen LogP contribution in [0.1, 0.15) is 31.2 Å². The molecule has 1 aromatic heterocycles. The summed E-state index contributed by atoms with van der Waals surface area (Å²) >= 11 is 0. The van der Waals surface area contributed by atoms with Gasteiger partial charge >= 0.3 is 6.09 Å². The summed E-state index contributed by atoms with van der Waals surface area (Å²) in [6, 6.07) is 7.81. The highest BCUT2D eigenvalue weighted by atomic mass is 16.6. The zero-order valence-corrected chi connectivity index (χ0v) is 13.3. The summed E-state index contributed by atoms with van der Waals surface area (Å²) in [6.45, 7) is 1.51. The van der Waals surface area contributed by atoms with E-state index >= 15 is 0 Å². The van der Waals surface area contributed by atoms with Crippen molar-refractivity contribution < 1.29 is 9.53 Å². The Labute approximate surface area is 139 Å². The quantitative estimate of drug-likeness (QED) is 0.921. The zero-order valence-electron chi connectivity index (χ0n) is 13.3. The number of carbonyl (C=O) groups excluding carboxylic acids is 1. The molecule has 1 saturated heterocycles. The van der Waals surface area contributed by atoms with E-state index in [9.17, 15) is 4.79 Å². The first-order chi connectivity index (χ1) is 11.6. The van der Waals surface area contributed by atoms with E-state index in [1.165, 1.54) is 6.42 Å². The number of ether oxygens (including phenoxy) is 1. The Balaban J connectivity index is 1.46. The van der Waals surface area contributed by atoms with E-state index in [2.05, 4.69) is 20.9 Å². The van der Waals surface area contributed by atoms with Crippen LogP contribution in [0.15, 0.2) is 24.5 Å². The highest BCUT2D eigenvalue weighted by molar-refractivity contribution is 5.77. The molecule has 0 unspecified atom stereocenters. The minimum atomic E-state index is -0.321. The molecule has 3 aliphatic rings. The van der Waals surface area contributed by atoms with E-state index in [4.69, 9.17) is 10.00 Å². The molecule has 3 atom stereocenters. The number of carbonyl (C=O) groups is 1. The minimum absolute atomic E-state index is 0.195. The predicted molar refractivity (Wildman–Crippen MR) is 86.1 cm³/mol. The number of hydrogen-bond donors (Lipinski definition) is 1. The fourth-order valence-electron chi connectivity index (χ4n) is 4.80. The first kappa shape index (κ1) is 13.8. The molecule has 2 aromatic rings. The molecule has 1 aliphatic heterocycles. The number of nitrogens with one attached hydrogen (secondary N) is 1. The van der Waals surface area contributed by atoms with Crippen molar-refractivity contribution in [1.82, 2.24) is 14.9 Å². The molecule has 2 aliphatic carbocycles. The molecule has 1 N–H and O–H groups in total. The number of imidazole rings is 1. The Bertz CT molecular complexity index is 898. The van der Waals surface area contributed by atoms with Gasteiger partial charge in [0, 0.05) is 6.54 Å². The van der Waals surface area contributed by atoms with E-state index in [0.717, 1.165) is 36.8 Å². The number of fused-ring (bicyclic) bond motifs is 2. The SMILES string of the molecule is N#Cc1ccc2ncn(C[C@@]34C[C@@H]3CC[C@]3(CNC(=O)O3)C4)c2c1. The first-order valence-corrected chi connectivity index (χ1v) is 8.43. The van der Waals surface area contributed by atoms with Gasteiger partial charge in [-0.1, -0.05) is 0 Å². The molecule has 6 nitrogen and oxygen atoms in total. The summed E-state index contributed by atoms with van der Waals surface area (Å²) in [5.41, 5.74) is 2.46. The lowest BCUT2D eigenvalue weighted by molar-refractivity contribution is -0.000247. The highest BCUT2D eigenvalue weighted by Gasteiger charge is 2.63. The van der Waals surface area contributed by atoms with Crippen LogP contribution in [0, 0.1) is 22.7 Å². The molecular weight excluding hydrogens is 304 g/mol. The van der Waals surface area contributed by atoms with Gasteiger partial charge in [-0.3, -0.25) is 0 Å². The predicted octanol–water partition coefficient (Wildman–Crippen LogP) is 2.58. The van der Waals surface area contributed by atoms with Gasteiger partial charge in [-0.05, 0) is 55.2 Å². The fraction of sp³-hybridized carbons (Fsp3) is 0.500. The zero-order chi connectivity index (χ0) is 16.4. The van der Waals surface area contributed by atoms with Gasteiger partial charge in [0.15, 0.2) is 0 Å². The largest absolute Gasteiger partial charge is 0.441 e. The third-order valence-corrected chi connectivity index (χ3v) is 6.08. The number of nitrogens with zero attached hydrogens (tertiary/aromatic N) is 3. The number of nitriles is 1. The van der Waals surface area contributed by atoms with E-state index in [1.807, 2.05) is 18.5 Å². The van der Waals surface area contributed by atoms with Gasteiger partial charge in [-0.15, -0.1) is 0 Å².